The number of benzene rings is 2. The van der Waals surface area contributed by atoms with E-state index in [1.54, 1.807) is 67.6 Å². The van der Waals surface area contributed by atoms with Gasteiger partial charge in [0.2, 0.25) is 5.91 Å². The van der Waals surface area contributed by atoms with Crippen LogP contribution in [-0.2, 0) is 9.59 Å². The highest BCUT2D eigenvalue weighted by atomic mass is 16.5. The number of carboxylic acids is 1. The third-order valence-corrected chi connectivity index (χ3v) is 4.48. The summed E-state index contributed by atoms with van der Waals surface area (Å²) >= 11 is 0. The predicted octanol–water partition coefficient (Wildman–Crippen LogP) is 3.08. The van der Waals surface area contributed by atoms with E-state index in [0.717, 1.165) is 0 Å². The van der Waals surface area contributed by atoms with Gasteiger partial charge in [0.15, 0.2) is 0 Å². The molecule has 0 saturated heterocycles. The highest BCUT2D eigenvalue weighted by Crippen LogP contribution is 2.16. The van der Waals surface area contributed by atoms with Crippen LogP contribution in [0.4, 0.5) is 0 Å². The molecular formula is C24H25N3O5. The van der Waals surface area contributed by atoms with Crippen LogP contribution in [-0.4, -0.2) is 46.8 Å². The number of esters is 1. The molecule has 32 heavy (non-hydrogen) atoms. The summed E-state index contributed by atoms with van der Waals surface area (Å²) in [6.45, 7) is 5.58. The van der Waals surface area contributed by atoms with E-state index < -0.39 is 11.9 Å². The molecule has 2 aromatic rings. The van der Waals surface area contributed by atoms with Crippen LogP contribution in [0.5, 0.6) is 5.75 Å². The molecule has 0 saturated carbocycles. The lowest BCUT2D eigenvalue weighted by Crippen LogP contribution is -2.33. The molecule has 0 radical (unpaired) electrons. The minimum atomic E-state index is -0.981. The lowest BCUT2D eigenvalue weighted by Gasteiger charge is -2.20. The Morgan fingerprint density at radius 1 is 1.09 bits per heavy atom. The van der Waals surface area contributed by atoms with Crippen molar-refractivity contribution in [3.8, 4) is 5.75 Å². The zero-order valence-corrected chi connectivity index (χ0v) is 17.7. The van der Waals surface area contributed by atoms with Crippen LogP contribution in [0.3, 0.4) is 0 Å². The number of ether oxygens (including phenoxy) is 1. The molecular weight excluding hydrogens is 410 g/mol. The maximum absolute atomic E-state index is 12.6. The zero-order valence-electron chi connectivity index (χ0n) is 17.7. The van der Waals surface area contributed by atoms with E-state index in [0.29, 0.717) is 28.0 Å². The van der Waals surface area contributed by atoms with Gasteiger partial charge < -0.3 is 20.5 Å². The fourth-order valence-electron chi connectivity index (χ4n) is 2.81. The van der Waals surface area contributed by atoms with Crippen molar-refractivity contribution >= 4 is 29.8 Å². The second-order valence-electron chi connectivity index (χ2n) is 6.96. The molecule has 0 heterocycles. The molecule has 166 valence electrons. The second kappa shape index (κ2) is 11.3. The number of nitrogens with two attached hydrogens (primary N) is 1. The Bertz CT molecular complexity index is 1040. The van der Waals surface area contributed by atoms with Crippen molar-refractivity contribution < 1.29 is 24.2 Å². The fourth-order valence-corrected chi connectivity index (χ4v) is 2.81. The smallest absolute Gasteiger partial charge is 0.343 e. The number of carboxylic acid groups (broad SMARTS) is 1. The van der Waals surface area contributed by atoms with Gasteiger partial charge in [-0.1, -0.05) is 18.2 Å². The average Bonchev–Trinajstić information content (AvgIpc) is 2.76. The van der Waals surface area contributed by atoms with Crippen LogP contribution in [0.1, 0.15) is 34.8 Å². The van der Waals surface area contributed by atoms with Gasteiger partial charge in [0.1, 0.15) is 11.6 Å². The lowest BCUT2D eigenvalue weighted by atomic mass is 10.1. The number of nitrogens with zero attached hydrogens (tertiary/aromatic N) is 1. The molecule has 8 heteroatoms. The van der Waals surface area contributed by atoms with Crippen molar-refractivity contribution in [2.45, 2.75) is 13.3 Å². The summed E-state index contributed by atoms with van der Waals surface area (Å²) in [6, 6.07) is 12.8. The number of carbonyl (C=O) groups is 3. The van der Waals surface area contributed by atoms with Crippen molar-refractivity contribution in [1.29, 1.82) is 5.41 Å². The van der Waals surface area contributed by atoms with Crippen molar-refractivity contribution in [3.05, 3.63) is 83.4 Å². The Balaban J connectivity index is 2.06. The number of hydrogen-bond acceptors (Lipinski definition) is 5. The minimum absolute atomic E-state index is 0.0743. The van der Waals surface area contributed by atoms with E-state index in [-0.39, 0.29) is 31.3 Å². The molecule has 2 rings (SSSR count). The summed E-state index contributed by atoms with van der Waals surface area (Å²) < 4.78 is 5.32. The fraction of sp³-hybridized carbons (Fsp3) is 0.167. The number of amides is 1. The molecule has 0 aromatic heterocycles. The predicted molar refractivity (Wildman–Crippen MR) is 122 cm³/mol. The first-order chi connectivity index (χ1) is 15.2. The highest BCUT2D eigenvalue weighted by molar-refractivity contribution is 5.98. The van der Waals surface area contributed by atoms with Gasteiger partial charge in [-0.05, 0) is 55.0 Å². The van der Waals surface area contributed by atoms with Crippen molar-refractivity contribution in [3.63, 3.8) is 0 Å². The van der Waals surface area contributed by atoms with Crippen molar-refractivity contribution in [2.75, 3.05) is 13.1 Å². The van der Waals surface area contributed by atoms with Gasteiger partial charge in [0.25, 0.3) is 0 Å². The molecule has 1 amide bonds. The van der Waals surface area contributed by atoms with E-state index in [9.17, 15) is 14.4 Å². The van der Waals surface area contributed by atoms with Gasteiger partial charge in [-0.3, -0.25) is 15.0 Å². The van der Waals surface area contributed by atoms with Crippen molar-refractivity contribution in [2.24, 2.45) is 5.73 Å². The van der Waals surface area contributed by atoms with Crippen LogP contribution in [0.25, 0.3) is 6.08 Å². The van der Waals surface area contributed by atoms with Gasteiger partial charge in [0.05, 0.1) is 12.0 Å². The summed E-state index contributed by atoms with van der Waals surface area (Å²) in [5.74, 6) is -1.56. The Labute approximate surface area is 186 Å². The molecule has 8 nitrogen and oxygen atoms in total. The first-order valence-electron chi connectivity index (χ1n) is 9.78. The SMILES string of the molecule is C=CCN(CCC(=O)O)C(=O)C(C)=Cc1ccc(C(=O)Oc2ccc(C(=N)N)cc2)cc1. The van der Waals surface area contributed by atoms with E-state index in [1.807, 2.05) is 0 Å². The Kier molecular flexibility index (Phi) is 8.47. The minimum Gasteiger partial charge on any atom is -0.481 e. The number of nitrogens with one attached hydrogen (secondary N) is 1. The summed E-state index contributed by atoms with van der Waals surface area (Å²) in [7, 11) is 0. The standard InChI is InChI=1S/C24H25N3O5/c1-3-13-27(14-12-21(28)29)23(30)16(2)15-17-4-6-19(7-5-17)24(31)32-20-10-8-18(9-11-20)22(25)26/h3-11,15H,1,12-14H2,2H3,(H3,25,26)(H,28,29). The number of hydrogen-bond donors (Lipinski definition) is 3. The summed E-state index contributed by atoms with van der Waals surface area (Å²) in [5.41, 5.74) is 7.39. The maximum atomic E-state index is 12.6. The average molecular weight is 435 g/mol. The highest BCUT2D eigenvalue weighted by Gasteiger charge is 2.15. The van der Waals surface area contributed by atoms with Gasteiger partial charge in [-0.2, -0.15) is 0 Å². The molecule has 2 aromatic carbocycles. The molecule has 0 bridgehead atoms. The van der Waals surface area contributed by atoms with E-state index in [1.165, 1.54) is 4.90 Å². The molecule has 0 aliphatic rings. The first-order valence-corrected chi connectivity index (χ1v) is 9.78. The van der Waals surface area contributed by atoms with Crippen LogP contribution in [0.2, 0.25) is 0 Å². The monoisotopic (exact) mass is 435 g/mol. The summed E-state index contributed by atoms with van der Waals surface area (Å²) in [4.78, 5) is 37.2. The number of rotatable bonds is 10. The van der Waals surface area contributed by atoms with Crippen LogP contribution in [0.15, 0.2) is 66.8 Å². The number of amidine groups is 1. The normalized spacial score (nSPS) is 10.8. The molecule has 0 spiro atoms. The second-order valence-corrected chi connectivity index (χ2v) is 6.96. The van der Waals surface area contributed by atoms with E-state index >= 15 is 0 Å². The topological polar surface area (TPSA) is 134 Å². The Morgan fingerprint density at radius 3 is 2.22 bits per heavy atom. The van der Waals surface area contributed by atoms with Crippen LogP contribution in [0, 0.1) is 5.41 Å². The van der Waals surface area contributed by atoms with Gasteiger partial charge >= 0.3 is 11.9 Å². The van der Waals surface area contributed by atoms with Gasteiger partial charge in [-0.25, -0.2) is 4.79 Å². The third-order valence-electron chi connectivity index (χ3n) is 4.48. The van der Waals surface area contributed by atoms with Gasteiger partial charge in [0, 0.05) is 24.2 Å². The van der Waals surface area contributed by atoms with E-state index in [4.69, 9.17) is 21.0 Å². The van der Waals surface area contributed by atoms with E-state index in [2.05, 4.69) is 6.58 Å². The maximum Gasteiger partial charge on any atom is 0.343 e. The third kappa shape index (κ3) is 6.94. The lowest BCUT2D eigenvalue weighted by molar-refractivity contribution is -0.138. The molecule has 4 N–H and O–H groups in total. The Morgan fingerprint density at radius 2 is 1.69 bits per heavy atom. The molecule has 0 atom stereocenters. The summed E-state index contributed by atoms with van der Waals surface area (Å²) in [5, 5.41) is 16.2. The van der Waals surface area contributed by atoms with Gasteiger partial charge in [-0.15, -0.1) is 6.58 Å². The molecule has 0 fully saturated rings. The molecule has 0 unspecified atom stereocenters. The number of nitrogen functional groups attached to an aromatic ring is 1. The molecule has 0 aliphatic carbocycles. The zero-order chi connectivity index (χ0) is 23.7. The number of aliphatic carboxylic acids is 1. The van der Waals surface area contributed by atoms with Crippen LogP contribution >= 0.6 is 0 Å². The first kappa shape index (κ1) is 24.1. The number of carbonyl (C=O) groups excluding carboxylic acids is 2. The quantitative estimate of drug-likeness (QED) is 0.131. The van der Waals surface area contributed by atoms with Crippen molar-refractivity contribution in [1.82, 2.24) is 4.90 Å². The molecule has 0 aliphatic heterocycles. The summed E-state index contributed by atoms with van der Waals surface area (Å²) in [6.07, 6.45) is 3.05. The Hall–Kier alpha value is -4.20. The van der Waals surface area contributed by atoms with Crippen LogP contribution < -0.4 is 10.5 Å². The largest absolute Gasteiger partial charge is 0.481 e.